The Hall–Kier alpha value is -1.23. The van der Waals surface area contributed by atoms with Crippen LogP contribution in [0.3, 0.4) is 0 Å². The maximum atomic E-state index is 10.4. The average molecular weight is 196 g/mol. The minimum absolute atomic E-state index is 0.0341. The van der Waals surface area contributed by atoms with Gasteiger partial charge in [-0.1, -0.05) is 0 Å². The molecule has 0 radical (unpaired) electrons. The van der Waals surface area contributed by atoms with Gasteiger partial charge in [0, 0.05) is 6.61 Å². The zero-order valence-corrected chi connectivity index (χ0v) is 8.02. The maximum absolute atomic E-state index is 10.4. The second kappa shape index (κ2) is 3.49. The van der Waals surface area contributed by atoms with E-state index < -0.39 is 0 Å². The first-order chi connectivity index (χ1) is 6.74. The summed E-state index contributed by atoms with van der Waals surface area (Å²) in [6.45, 7) is 3.37. The van der Waals surface area contributed by atoms with E-state index in [1.54, 1.807) is 0 Å². The molecule has 76 valence electrons. The lowest BCUT2D eigenvalue weighted by Crippen LogP contribution is -2.33. The van der Waals surface area contributed by atoms with Crippen molar-refractivity contribution in [2.45, 2.75) is 25.2 Å². The summed E-state index contributed by atoms with van der Waals surface area (Å²) >= 11 is 0. The number of aldehydes is 1. The van der Waals surface area contributed by atoms with E-state index in [0.717, 1.165) is 19.4 Å². The summed E-state index contributed by atoms with van der Waals surface area (Å²) in [5.41, 5.74) is -0.230. The second-order valence-corrected chi connectivity index (χ2v) is 3.78. The first-order valence-electron chi connectivity index (χ1n) is 4.61. The molecule has 1 aliphatic heterocycles. The molecule has 1 fully saturated rings. The third kappa shape index (κ3) is 1.55. The molecule has 1 saturated heterocycles. The molecular weight excluding hydrogens is 184 g/mol. The van der Waals surface area contributed by atoms with Crippen LogP contribution in [0.5, 0.6) is 0 Å². The fraction of sp³-hybridized carbons (Fsp3) is 0.667. The number of rotatable bonds is 2. The van der Waals surface area contributed by atoms with E-state index in [1.165, 1.54) is 0 Å². The van der Waals surface area contributed by atoms with Crippen LogP contribution < -0.4 is 0 Å². The minimum atomic E-state index is -0.230. The van der Waals surface area contributed by atoms with Gasteiger partial charge < -0.3 is 9.15 Å². The molecule has 5 heteroatoms. The van der Waals surface area contributed by atoms with E-state index in [0.29, 0.717) is 18.8 Å². The molecule has 2 heterocycles. The van der Waals surface area contributed by atoms with Crippen LogP contribution in [0.15, 0.2) is 4.42 Å². The Kier molecular flexibility index (Phi) is 2.33. The Morgan fingerprint density at radius 2 is 2.36 bits per heavy atom. The predicted molar refractivity (Wildman–Crippen MR) is 47.1 cm³/mol. The average Bonchev–Trinajstić information content (AvgIpc) is 2.67. The predicted octanol–water partition coefficient (Wildman–Crippen LogP) is 0.950. The topological polar surface area (TPSA) is 65.2 Å². The molecule has 0 aromatic carbocycles. The van der Waals surface area contributed by atoms with Crippen molar-refractivity contribution in [3.63, 3.8) is 0 Å². The van der Waals surface area contributed by atoms with Crippen molar-refractivity contribution in [2.24, 2.45) is 0 Å². The van der Waals surface area contributed by atoms with Gasteiger partial charge in [0.2, 0.25) is 12.2 Å². The molecule has 0 bridgehead atoms. The third-order valence-corrected chi connectivity index (χ3v) is 2.50. The van der Waals surface area contributed by atoms with Crippen LogP contribution in [0.4, 0.5) is 0 Å². The van der Waals surface area contributed by atoms with Crippen LogP contribution in [-0.4, -0.2) is 29.7 Å². The highest BCUT2D eigenvalue weighted by Gasteiger charge is 2.35. The fourth-order valence-electron chi connectivity index (χ4n) is 1.63. The summed E-state index contributed by atoms with van der Waals surface area (Å²) in [7, 11) is 0. The lowest BCUT2D eigenvalue weighted by atomic mass is 9.85. The Bertz CT molecular complexity index is 329. The van der Waals surface area contributed by atoms with Crippen LogP contribution in [0, 0.1) is 0 Å². The van der Waals surface area contributed by atoms with E-state index in [2.05, 4.69) is 10.2 Å². The van der Waals surface area contributed by atoms with Gasteiger partial charge in [0.25, 0.3) is 5.89 Å². The summed E-state index contributed by atoms with van der Waals surface area (Å²) in [4.78, 5) is 10.4. The summed E-state index contributed by atoms with van der Waals surface area (Å²) in [5.74, 6) is 0.533. The Labute approximate surface area is 81.5 Å². The minimum Gasteiger partial charge on any atom is -0.418 e. The first kappa shape index (κ1) is 9.33. The molecule has 0 N–H and O–H groups in total. The van der Waals surface area contributed by atoms with Gasteiger partial charge in [0.05, 0.1) is 12.0 Å². The van der Waals surface area contributed by atoms with Crippen LogP contribution >= 0.6 is 0 Å². The van der Waals surface area contributed by atoms with E-state index in [9.17, 15) is 4.79 Å². The molecule has 14 heavy (non-hydrogen) atoms. The van der Waals surface area contributed by atoms with Gasteiger partial charge in [0.1, 0.15) is 0 Å². The molecule has 0 amide bonds. The summed E-state index contributed by atoms with van der Waals surface area (Å²) in [6.07, 6.45) is 2.49. The molecule has 1 aliphatic rings. The molecule has 1 aromatic heterocycles. The molecule has 1 unspecified atom stereocenters. The number of ether oxygens (including phenoxy) is 1. The van der Waals surface area contributed by atoms with Crippen molar-refractivity contribution in [2.75, 3.05) is 13.2 Å². The van der Waals surface area contributed by atoms with Gasteiger partial charge in [-0.05, 0) is 19.8 Å². The van der Waals surface area contributed by atoms with E-state index >= 15 is 0 Å². The zero-order chi connectivity index (χ0) is 10.0. The van der Waals surface area contributed by atoms with Gasteiger partial charge in [-0.3, -0.25) is 4.79 Å². The highest BCUT2D eigenvalue weighted by atomic mass is 16.5. The van der Waals surface area contributed by atoms with E-state index in [4.69, 9.17) is 9.15 Å². The van der Waals surface area contributed by atoms with Crippen molar-refractivity contribution >= 4 is 6.29 Å². The third-order valence-electron chi connectivity index (χ3n) is 2.50. The van der Waals surface area contributed by atoms with Crippen LogP contribution in [0.2, 0.25) is 0 Å². The smallest absolute Gasteiger partial charge is 0.280 e. The number of hydrogen-bond donors (Lipinski definition) is 0. The Morgan fingerprint density at radius 3 is 2.93 bits per heavy atom. The summed E-state index contributed by atoms with van der Waals surface area (Å²) in [5, 5.41) is 7.47. The Morgan fingerprint density at radius 1 is 1.50 bits per heavy atom. The van der Waals surface area contributed by atoms with E-state index in [1.807, 2.05) is 6.92 Å². The molecule has 0 saturated carbocycles. The molecule has 1 atom stereocenters. The number of aromatic nitrogens is 2. The quantitative estimate of drug-likeness (QED) is 0.659. The zero-order valence-electron chi connectivity index (χ0n) is 8.02. The molecule has 1 aromatic rings. The van der Waals surface area contributed by atoms with Crippen molar-refractivity contribution < 1.29 is 13.9 Å². The van der Waals surface area contributed by atoms with Crippen molar-refractivity contribution in [1.29, 1.82) is 0 Å². The first-order valence-corrected chi connectivity index (χ1v) is 4.61. The van der Waals surface area contributed by atoms with Crippen LogP contribution in [-0.2, 0) is 10.2 Å². The van der Waals surface area contributed by atoms with E-state index in [-0.39, 0.29) is 11.3 Å². The number of carbonyl (C=O) groups excluding carboxylic acids is 1. The monoisotopic (exact) mass is 196 g/mol. The number of nitrogens with zero attached hydrogens (tertiary/aromatic N) is 2. The lowest BCUT2D eigenvalue weighted by molar-refractivity contribution is 0.0303. The number of hydrogen-bond acceptors (Lipinski definition) is 5. The fourth-order valence-corrected chi connectivity index (χ4v) is 1.63. The lowest BCUT2D eigenvalue weighted by Gasteiger charge is -2.29. The van der Waals surface area contributed by atoms with Crippen LogP contribution in [0.1, 0.15) is 36.3 Å². The van der Waals surface area contributed by atoms with Crippen molar-refractivity contribution in [3.05, 3.63) is 11.8 Å². The van der Waals surface area contributed by atoms with Gasteiger partial charge in [-0.25, -0.2) is 0 Å². The molecular formula is C9H12N2O3. The molecule has 2 rings (SSSR count). The molecule has 0 aliphatic carbocycles. The normalized spacial score (nSPS) is 27.5. The van der Waals surface area contributed by atoms with Crippen LogP contribution in [0.25, 0.3) is 0 Å². The highest BCUT2D eigenvalue weighted by Crippen LogP contribution is 2.31. The van der Waals surface area contributed by atoms with Gasteiger partial charge >= 0.3 is 0 Å². The van der Waals surface area contributed by atoms with Crippen molar-refractivity contribution in [1.82, 2.24) is 10.2 Å². The number of carbonyl (C=O) groups is 1. The SMILES string of the molecule is CC1(c2nnc(C=O)o2)CCCOC1. The molecule has 5 nitrogen and oxygen atoms in total. The summed E-state index contributed by atoms with van der Waals surface area (Å²) < 4.78 is 10.6. The maximum Gasteiger partial charge on any atom is 0.280 e. The van der Waals surface area contributed by atoms with Gasteiger partial charge in [-0.15, -0.1) is 10.2 Å². The Balaban J connectivity index is 2.23. The second-order valence-electron chi connectivity index (χ2n) is 3.78. The van der Waals surface area contributed by atoms with Gasteiger partial charge in [-0.2, -0.15) is 0 Å². The standard InChI is InChI=1S/C9H12N2O3/c1-9(3-2-4-13-6-9)8-11-10-7(5-12)14-8/h5H,2-4,6H2,1H3. The van der Waals surface area contributed by atoms with Crippen molar-refractivity contribution in [3.8, 4) is 0 Å². The highest BCUT2D eigenvalue weighted by molar-refractivity contribution is 5.66. The van der Waals surface area contributed by atoms with Gasteiger partial charge in [0.15, 0.2) is 0 Å². The molecule has 0 spiro atoms. The summed E-state index contributed by atoms with van der Waals surface area (Å²) in [6, 6.07) is 0. The largest absolute Gasteiger partial charge is 0.418 e.